The first-order valence-corrected chi connectivity index (χ1v) is 15.8. The molecule has 198 valence electrons. The lowest BCUT2D eigenvalue weighted by molar-refractivity contribution is 1.17. The summed E-state index contributed by atoms with van der Waals surface area (Å²) in [5, 5.41) is 8.16. The molecule has 2 heteroatoms. The number of aromatic nitrogens is 1. The normalized spacial score (nSPS) is 13.0. The van der Waals surface area contributed by atoms with Crippen molar-refractivity contribution in [1.29, 1.82) is 0 Å². The van der Waals surface area contributed by atoms with Gasteiger partial charge in [-0.3, -0.25) is 0 Å². The van der Waals surface area contributed by atoms with Crippen molar-refractivity contribution in [3.8, 4) is 39.1 Å². The van der Waals surface area contributed by atoms with Crippen LogP contribution in [0.1, 0.15) is 11.1 Å². The number of thiophene rings is 1. The van der Waals surface area contributed by atoms with Gasteiger partial charge in [-0.1, -0.05) is 109 Å². The lowest BCUT2D eigenvalue weighted by Gasteiger charge is -2.15. The van der Waals surface area contributed by atoms with Gasteiger partial charge in [0, 0.05) is 48.3 Å². The fraction of sp³-hybridized carbons (Fsp3) is 0.0244. The van der Waals surface area contributed by atoms with Gasteiger partial charge in [-0.2, -0.15) is 0 Å². The maximum absolute atomic E-state index is 2.60. The number of fused-ring (bicyclic) bond motifs is 15. The Kier molecular flexibility index (Phi) is 4.07. The molecule has 0 bridgehead atoms. The molecule has 7 aromatic carbocycles. The Morgan fingerprint density at radius 3 is 2.05 bits per heavy atom. The summed E-state index contributed by atoms with van der Waals surface area (Å²) in [5.41, 5.74) is 15.0. The molecule has 0 fully saturated rings. The zero-order chi connectivity index (χ0) is 27.8. The van der Waals surface area contributed by atoms with Crippen molar-refractivity contribution in [3.63, 3.8) is 0 Å². The van der Waals surface area contributed by atoms with Gasteiger partial charge in [-0.15, -0.1) is 11.3 Å². The zero-order valence-electron chi connectivity index (χ0n) is 23.2. The Balaban J connectivity index is 1.39. The third-order valence-corrected chi connectivity index (χ3v) is 11.1. The van der Waals surface area contributed by atoms with E-state index in [0.29, 0.717) is 0 Å². The minimum Gasteiger partial charge on any atom is -0.308 e. The summed E-state index contributed by atoms with van der Waals surface area (Å²) in [6.07, 6.45) is 0.954. The molecule has 0 spiro atoms. The van der Waals surface area contributed by atoms with Crippen molar-refractivity contribution >= 4 is 64.1 Å². The van der Waals surface area contributed by atoms with Gasteiger partial charge in [0.1, 0.15) is 0 Å². The van der Waals surface area contributed by atoms with E-state index in [9.17, 15) is 0 Å². The molecule has 0 N–H and O–H groups in total. The van der Waals surface area contributed by atoms with Gasteiger partial charge < -0.3 is 4.57 Å². The smallest absolute Gasteiger partial charge is 0.0590 e. The highest BCUT2D eigenvalue weighted by molar-refractivity contribution is 7.26. The van der Waals surface area contributed by atoms with Gasteiger partial charge in [0.2, 0.25) is 0 Å². The van der Waals surface area contributed by atoms with E-state index >= 15 is 0 Å². The van der Waals surface area contributed by atoms with E-state index in [-0.39, 0.29) is 0 Å². The van der Waals surface area contributed by atoms with Crippen molar-refractivity contribution in [3.05, 3.63) is 139 Å². The molecular formula is C41H23NS. The zero-order valence-corrected chi connectivity index (χ0v) is 24.0. The molecule has 11 rings (SSSR count). The molecule has 0 aliphatic heterocycles. The van der Waals surface area contributed by atoms with E-state index in [0.717, 1.165) is 6.42 Å². The van der Waals surface area contributed by atoms with Crippen LogP contribution in [0.4, 0.5) is 0 Å². The van der Waals surface area contributed by atoms with Gasteiger partial charge in [-0.25, -0.2) is 0 Å². The Morgan fingerprint density at radius 2 is 1.16 bits per heavy atom. The highest BCUT2D eigenvalue weighted by Gasteiger charge is 2.31. The standard InChI is InChI=1S/C41H23NS/c1-2-11-24-23(10-1)22-32-37(24)41-39(31-15-6-8-19-35(31)43-41)38-30-14-5-7-18-33(30)42(40(32)38)34-21-20-28-26-13-4-3-12-25(26)27-16-9-17-29(34)36(27)28/h1-21H,22H2. The summed E-state index contributed by atoms with van der Waals surface area (Å²) >= 11 is 1.96. The summed E-state index contributed by atoms with van der Waals surface area (Å²) in [7, 11) is 0. The van der Waals surface area contributed by atoms with Crippen LogP contribution in [0, 0.1) is 0 Å². The largest absolute Gasteiger partial charge is 0.308 e. The average molecular weight is 562 g/mol. The lowest BCUT2D eigenvalue weighted by Crippen LogP contribution is -1.98. The summed E-state index contributed by atoms with van der Waals surface area (Å²) < 4.78 is 5.39. The van der Waals surface area contributed by atoms with Crippen LogP contribution < -0.4 is 0 Å². The summed E-state index contributed by atoms with van der Waals surface area (Å²) in [6, 6.07) is 47.6. The van der Waals surface area contributed by atoms with Crippen molar-refractivity contribution in [2.45, 2.75) is 6.42 Å². The lowest BCUT2D eigenvalue weighted by atomic mass is 9.97. The first-order valence-electron chi connectivity index (χ1n) is 15.0. The Bertz CT molecular complexity index is 2670. The molecule has 0 atom stereocenters. The Hall–Kier alpha value is -5.18. The van der Waals surface area contributed by atoms with Crippen molar-refractivity contribution < 1.29 is 0 Å². The van der Waals surface area contributed by atoms with Gasteiger partial charge in [-0.05, 0) is 62.5 Å². The molecular weight excluding hydrogens is 539 g/mol. The van der Waals surface area contributed by atoms with E-state index in [1.807, 2.05) is 11.3 Å². The number of para-hydroxylation sites is 1. The van der Waals surface area contributed by atoms with Crippen LogP contribution in [0.15, 0.2) is 127 Å². The van der Waals surface area contributed by atoms with Crippen LogP contribution in [0.2, 0.25) is 0 Å². The monoisotopic (exact) mass is 561 g/mol. The Labute approximate surface area is 251 Å². The first-order chi connectivity index (χ1) is 21.4. The minimum atomic E-state index is 0.954. The third kappa shape index (κ3) is 2.65. The van der Waals surface area contributed by atoms with Crippen LogP contribution in [-0.4, -0.2) is 4.57 Å². The minimum absolute atomic E-state index is 0.954. The summed E-state index contributed by atoms with van der Waals surface area (Å²) in [6.45, 7) is 0. The molecule has 2 aliphatic rings. The topological polar surface area (TPSA) is 4.93 Å². The predicted molar refractivity (Wildman–Crippen MR) is 184 cm³/mol. The molecule has 9 aromatic rings. The van der Waals surface area contributed by atoms with Crippen LogP contribution in [0.5, 0.6) is 0 Å². The molecule has 2 heterocycles. The molecule has 2 aromatic heterocycles. The first kappa shape index (κ1) is 22.4. The highest BCUT2D eigenvalue weighted by atomic mass is 32.1. The van der Waals surface area contributed by atoms with Gasteiger partial charge in [0.15, 0.2) is 0 Å². The van der Waals surface area contributed by atoms with Crippen molar-refractivity contribution in [2.75, 3.05) is 0 Å². The molecule has 43 heavy (non-hydrogen) atoms. The number of hydrogen-bond acceptors (Lipinski definition) is 1. The van der Waals surface area contributed by atoms with E-state index < -0.39 is 0 Å². The average Bonchev–Trinajstić information content (AvgIpc) is 3.80. The molecule has 0 unspecified atom stereocenters. The van der Waals surface area contributed by atoms with Crippen LogP contribution >= 0.6 is 11.3 Å². The third-order valence-electron chi connectivity index (χ3n) is 9.95. The van der Waals surface area contributed by atoms with Crippen molar-refractivity contribution in [1.82, 2.24) is 4.57 Å². The number of rotatable bonds is 1. The molecule has 1 nitrogen and oxygen atoms in total. The predicted octanol–water partition coefficient (Wildman–Crippen LogP) is 11.5. The van der Waals surface area contributed by atoms with Crippen molar-refractivity contribution in [2.24, 2.45) is 0 Å². The Morgan fingerprint density at radius 1 is 0.488 bits per heavy atom. The molecule has 0 saturated carbocycles. The number of benzene rings is 7. The molecule has 0 amide bonds. The highest BCUT2D eigenvalue weighted by Crippen LogP contribution is 2.54. The van der Waals surface area contributed by atoms with Crippen LogP contribution in [0.3, 0.4) is 0 Å². The second kappa shape index (κ2) is 7.80. The molecule has 0 radical (unpaired) electrons. The number of hydrogen-bond donors (Lipinski definition) is 0. The van der Waals surface area contributed by atoms with E-state index in [1.165, 1.54) is 103 Å². The fourth-order valence-corrected chi connectivity index (χ4v) is 9.60. The van der Waals surface area contributed by atoms with Gasteiger partial charge >= 0.3 is 0 Å². The van der Waals surface area contributed by atoms with E-state index in [1.54, 1.807) is 0 Å². The van der Waals surface area contributed by atoms with Gasteiger partial charge in [0.25, 0.3) is 0 Å². The molecule has 0 saturated heterocycles. The second-order valence-electron chi connectivity index (χ2n) is 12.0. The van der Waals surface area contributed by atoms with E-state index in [4.69, 9.17) is 0 Å². The fourth-order valence-electron chi connectivity index (χ4n) is 8.31. The summed E-state index contributed by atoms with van der Waals surface area (Å²) in [5.74, 6) is 0. The maximum Gasteiger partial charge on any atom is 0.0590 e. The molecule has 2 aliphatic carbocycles. The summed E-state index contributed by atoms with van der Waals surface area (Å²) in [4.78, 5) is 0. The number of nitrogens with zero attached hydrogens (tertiary/aromatic N) is 1. The van der Waals surface area contributed by atoms with Gasteiger partial charge in [0.05, 0.1) is 16.7 Å². The second-order valence-corrected chi connectivity index (χ2v) is 13.0. The van der Waals surface area contributed by atoms with Crippen LogP contribution in [-0.2, 0) is 6.42 Å². The maximum atomic E-state index is 2.60. The SMILES string of the molecule is c1ccc2c(c1)Cc1c-2c2sc3ccccc3c2c2c3ccccc3n(-c3ccc4c5c(cccc35)-c3ccccc3-4)c12. The van der Waals surface area contributed by atoms with Crippen LogP contribution in [0.25, 0.3) is 91.8 Å². The quantitative estimate of drug-likeness (QED) is 0.188. The van der Waals surface area contributed by atoms with E-state index in [2.05, 4.69) is 132 Å².